The fraction of sp³-hybridized carbons (Fsp3) is 0.111. The molecular formula is C9H6FNO3. The fourth-order valence-corrected chi connectivity index (χ4v) is 1.30. The van der Waals surface area contributed by atoms with E-state index in [1.165, 1.54) is 18.2 Å². The van der Waals surface area contributed by atoms with Crippen molar-refractivity contribution < 1.29 is 13.6 Å². The van der Waals surface area contributed by atoms with Gasteiger partial charge >= 0.3 is 5.76 Å². The second kappa shape index (κ2) is 3.10. The molecule has 1 aromatic carbocycles. The summed E-state index contributed by atoms with van der Waals surface area (Å²) in [6.07, 6.45) is 0.557. The Morgan fingerprint density at radius 2 is 2.29 bits per heavy atom. The molecule has 14 heavy (non-hydrogen) atoms. The van der Waals surface area contributed by atoms with Gasteiger partial charge in [0.05, 0.1) is 12.1 Å². The largest absolute Gasteiger partial charge is 0.420 e. The van der Waals surface area contributed by atoms with Crippen LogP contribution in [0.5, 0.6) is 0 Å². The standard InChI is InChI=1S/C9H6FNO3/c10-6-2-1-3-7-8(6)14-9(13)11(7)4-5-12/h1-3,5H,4H2. The third kappa shape index (κ3) is 1.14. The van der Waals surface area contributed by atoms with E-state index in [0.29, 0.717) is 11.8 Å². The number of halogens is 1. The summed E-state index contributed by atoms with van der Waals surface area (Å²) in [5.74, 6) is -1.33. The molecule has 2 aromatic rings. The van der Waals surface area contributed by atoms with Crippen LogP contribution in [0.1, 0.15) is 0 Å². The number of benzene rings is 1. The Labute approximate surface area is 77.6 Å². The molecule has 0 saturated carbocycles. The first kappa shape index (κ1) is 8.68. The van der Waals surface area contributed by atoms with Crippen molar-refractivity contribution in [2.24, 2.45) is 0 Å². The fourth-order valence-electron chi connectivity index (χ4n) is 1.30. The summed E-state index contributed by atoms with van der Waals surface area (Å²) in [6, 6.07) is 4.16. The van der Waals surface area contributed by atoms with Crippen LogP contribution in [0.3, 0.4) is 0 Å². The van der Waals surface area contributed by atoms with Crippen molar-refractivity contribution >= 4 is 17.4 Å². The average molecular weight is 195 g/mol. The summed E-state index contributed by atoms with van der Waals surface area (Å²) in [6.45, 7) is -0.130. The van der Waals surface area contributed by atoms with E-state index < -0.39 is 11.6 Å². The smallest absolute Gasteiger partial charge is 0.405 e. The van der Waals surface area contributed by atoms with Crippen molar-refractivity contribution in [3.63, 3.8) is 0 Å². The molecule has 0 radical (unpaired) electrons. The summed E-state index contributed by atoms with van der Waals surface area (Å²) >= 11 is 0. The topological polar surface area (TPSA) is 52.2 Å². The summed E-state index contributed by atoms with van der Waals surface area (Å²) in [4.78, 5) is 21.4. The molecule has 0 fully saturated rings. The first-order valence-electron chi connectivity index (χ1n) is 3.95. The SMILES string of the molecule is O=CCn1c(=O)oc2c(F)cccc21. The van der Waals surface area contributed by atoms with Crippen molar-refractivity contribution in [3.8, 4) is 0 Å². The Bertz CT molecular complexity index is 540. The molecule has 0 aliphatic carbocycles. The van der Waals surface area contributed by atoms with Crippen LogP contribution < -0.4 is 5.76 Å². The minimum atomic E-state index is -0.725. The van der Waals surface area contributed by atoms with Crippen LogP contribution in [0.15, 0.2) is 27.4 Å². The number of fused-ring (bicyclic) bond motifs is 1. The normalized spacial score (nSPS) is 10.6. The van der Waals surface area contributed by atoms with Gasteiger partial charge in [-0.15, -0.1) is 0 Å². The Morgan fingerprint density at radius 3 is 3.00 bits per heavy atom. The van der Waals surface area contributed by atoms with E-state index in [1.54, 1.807) is 0 Å². The van der Waals surface area contributed by atoms with E-state index in [2.05, 4.69) is 4.42 Å². The van der Waals surface area contributed by atoms with Crippen LogP contribution in [0.25, 0.3) is 11.1 Å². The molecule has 0 N–H and O–H groups in total. The lowest BCUT2D eigenvalue weighted by molar-refractivity contribution is -0.108. The summed E-state index contributed by atoms with van der Waals surface area (Å²) in [7, 11) is 0. The molecule has 1 heterocycles. The molecule has 4 nitrogen and oxygen atoms in total. The highest BCUT2D eigenvalue weighted by Gasteiger charge is 2.11. The van der Waals surface area contributed by atoms with Crippen LogP contribution in [0.2, 0.25) is 0 Å². The van der Waals surface area contributed by atoms with Gasteiger partial charge in [-0.05, 0) is 12.1 Å². The molecule has 0 aliphatic heterocycles. The molecule has 2 rings (SSSR count). The van der Waals surface area contributed by atoms with Crippen molar-refractivity contribution in [3.05, 3.63) is 34.6 Å². The maximum atomic E-state index is 13.1. The highest BCUT2D eigenvalue weighted by molar-refractivity contribution is 5.74. The predicted molar refractivity (Wildman–Crippen MR) is 46.5 cm³/mol. The van der Waals surface area contributed by atoms with Gasteiger partial charge < -0.3 is 9.21 Å². The first-order valence-corrected chi connectivity index (χ1v) is 3.95. The van der Waals surface area contributed by atoms with Crippen LogP contribution in [-0.4, -0.2) is 10.9 Å². The number of hydrogen-bond acceptors (Lipinski definition) is 3. The second-order valence-corrected chi connectivity index (χ2v) is 2.73. The zero-order valence-electron chi connectivity index (χ0n) is 7.07. The number of aromatic nitrogens is 1. The Morgan fingerprint density at radius 1 is 1.50 bits per heavy atom. The number of carbonyl (C=O) groups excluding carboxylic acids is 1. The van der Waals surface area contributed by atoms with E-state index in [0.717, 1.165) is 4.57 Å². The lowest BCUT2D eigenvalue weighted by Crippen LogP contribution is -2.14. The molecule has 0 saturated heterocycles. The molecule has 0 aliphatic rings. The third-order valence-electron chi connectivity index (χ3n) is 1.90. The number of hydrogen-bond donors (Lipinski definition) is 0. The van der Waals surface area contributed by atoms with E-state index in [1.807, 2.05) is 0 Å². The molecule has 72 valence electrons. The van der Waals surface area contributed by atoms with Crippen LogP contribution in [-0.2, 0) is 11.3 Å². The molecule has 0 spiro atoms. The quantitative estimate of drug-likeness (QED) is 0.670. The van der Waals surface area contributed by atoms with Crippen LogP contribution in [0.4, 0.5) is 4.39 Å². The molecule has 0 unspecified atom stereocenters. The zero-order chi connectivity index (χ0) is 10.1. The number of carbonyl (C=O) groups is 1. The van der Waals surface area contributed by atoms with Crippen molar-refractivity contribution in [2.45, 2.75) is 6.54 Å². The summed E-state index contributed by atoms with van der Waals surface area (Å²) in [5.41, 5.74) is 0.182. The third-order valence-corrected chi connectivity index (χ3v) is 1.90. The Balaban J connectivity index is 2.83. The van der Waals surface area contributed by atoms with Gasteiger partial charge in [0.25, 0.3) is 0 Å². The average Bonchev–Trinajstić information content (AvgIpc) is 2.47. The van der Waals surface area contributed by atoms with Gasteiger partial charge in [0.2, 0.25) is 0 Å². The van der Waals surface area contributed by atoms with Crippen molar-refractivity contribution in [1.82, 2.24) is 4.57 Å². The van der Waals surface area contributed by atoms with Gasteiger partial charge in [-0.1, -0.05) is 6.07 Å². The first-order chi connectivity index (χ1) is 6.74. The molecular weight excluding hydrogens is 189 g/mol. The van der Waals surface area contributed by atoms with Gasteiger partial charge in [0.1, 0.15) is 6.29 Å². The second-order valence-electron chi connectivity index (χ2n) is 2.73. The lowest BCUT2D eigenvalue weighted by Gasteiger charge is -1.93. The Hall–Kier alpha value is -1.91. The van der Waals surface area contributed by atoms with E-state index in [-0.39, 0.29) is 12.1 Å². The zero-order valence-corrected chi connectivity index (χ0v) is 7.07. The minimum absolute atomic E-state index is 0.112. The molecule has 0 bridgehead atoms. The summed E-state index contributed by atoms with van der Waals surface area (Å²) < 4.78 is 18.8. The number of para-hydroxylation sites is 1. The monoisotopic (exact) mass is 195 g/mol. The van der Waals surface area contributed by atoms with Gasteiger partial charge in [0.15, 0.2) is 11.4 Å². The van der Waals surface area contributed by atoms with Crippen molar-refractivity contribution in [1.29, 1.82) is 0 Å². The highest BCUT2D eigenvalue weighted by Crippen LogP contribution is 2.15. The number of rotatable bonds is 2. The number of nitrogens with zero attached hydrogens (tertiary/aromatic N) is 1. The maximum Gasteiger partial charge on any atom is 0.420 e. The minimum Gasteiger partial charge on any atom is -0.405 e. The van der Waals surface area contributed by atoms with Gasteiger partial charge in [-0.25, -0.2) is 9.18 Å². The molecule has 0 atom stereocenters. The van der Waals surface area contributed by atoms with Gasteiger partial charge in [0, 0.05) is 0 Å². The maximum absolute atomic E-state index is 13.1. The number of aldehydes is 1. The lowest BCUT2D eigenvalue weighted by atomic mass is 10.3. The van der Waals surface area contributed by atoms with Crippen molar-refractivity contribution in [2.75, 3.05) is 0 Å². The van der Waals surface area contributed by atoms with E-state index in [4.69, 9.17) is 0 Å². The van der Waals surface area contributed by atoms with E-state index in [9.17, 15) is 14.0 Å². The van der Waals surface area contributed by atoms with Gasteiger partial charge in [-0.2, -0.15) is 0 Å². The Kier molecular flexibility index (Phi) is 1.92. The number of oxazole rings is 1. The summed E-state index contributed by atoms with van der Waals surface area (Å²) in [5, 5.41) is 0. The van der Waals surface area contributed by atoms with E-state index >= 15 is 0 Å². The van der Waals surface area contributed by atoms with Gasteiger partial charge in [-0.3, -0.25) is 4.57 Å². The van der Waals surface area contributed by atoms with Crippen LogP contribution in [0, 0.1) is 5.82 Å². The van der Waals surface area contributed by atoms with Crippen LogP contribution >= 0.6 is 0 Å². The molecule has 5 heteroatoms. The predicted octanol–water partition coefficient (Wildman–Crippen LogP) is 0.933. The highest BCUT2D eigenvalue weighted by atomic mass is 19.1. The molecule has 1 aromatic heterocycles. The molecule has 0 amide bonds.